The Morgan fingerprint density at radius 2 is 2.00 bits per heavy atom. The maximum atomic E-state index is 12.0. The normalized spacial score (nSPS) is 16.2. The van der Waals surface area contributed by atoms with Crippen LogP contribution in [0.4, 0.5) is 4.79 Å². The molecule has 18 heavy (non-hydrogen) atoms. The molecule has 0 aromatic heterocycles. The third-order valence-corrected chi connectivity index (χ3v) is 3.07. The second kappa shape index (κ2) is 6.98. The Kier molecular flexibility index (Phi) is 5.93. The predicted octanol–water partition coefficient (Wildman–Crippen LogP) is 2.78. The SMILES string of the molecule is CCCN(CCNC1CCC1)C(=O)OC(C)(C)C. The van der Waals surface area contributed by atoms with E-state index in [1.165, 1.54) is 19.3 Å². The van der Waals surface area contributed by atoms with Crippen LogP contribution >= 0.6 is 0 Å². The van der Waals surface area contributed by atoms with Crippen LogP contribution in [0.5, 0.6) is 0 Å². The highest BCUT2D eigenvalue weighted by molar-refractivity contribution is 5.68. The summed E-state index contributed by atoms with van der Waals surface area (Å²) in [4.78, 5) is 13.8. The molecule has 4 nitrogen and oxygen atoms in total. The van der Waals surface area contributed by atoms with Crippen molar-refractivity contribution >= 4 is 6.09 Å². The van der Waals surface area contributed by atoms with Gasteiger partial charge in [-0.1, -0.05) is 13.3 Å². The molecular weight excluding hydrogens is 228 g/mol. The molecule has 106 valence electrons. The molecule has 0 unspecified atom stereocenters. The standard InChI is InChI=1S/C14H28N2O2/c1-5-10-16(13(17)18-14(2,3)4)11-9-15-12-7-6-8-12/h12,15H,5-11H2,1-4H3. The van der Waals surface area contributed by atoms with Crippen LogP contribution in [0.15, 0.2) is 0 Å². The van der Waals surface area contributed by atoms with E-state index in [1.54, 1.807) is 4.90 Å². The summed E-state index contributed by atoms with van der Waals surface area (Å²) in [5.74, 6) is 0. The molecule has 0 atom stereocenters. The second-order valence-electron chi connectivity index (χ2n) is 6.05. The van der Waals surface area contributed by atoms with E-state index >= 15 is 0 Å². The van der Waals surface area contributed by atoms with E-state index in [1.807, 2.05) is 20.8 Å². The summed E-state index contributed by atoms with van der Waals surface area (Å²) < 4.78 is 5.41. The monoisotopic (exact) mass is 256 g/mol. The van der Waals surface area contributed by atoms with Crippen LogP contribution in [0.1, 0.15) is 53.4 Å². The maximum absolute atomic E-state index is 12.0. The number of amides is 1. The summed E-state index contributed by atoms with van der Waals surface area (Å²) in [6.07, 6.45) is 4.66. The fraction of sp³-hybridized carbons (Fsp3) is 0.929. The summed E-state index contributed by atoms with van der Waals surface area (Å²) in [5.41, 5.74) is -0.412. The van der Waals surface area contributed by atoms with Crippen molar-refractivity contribution in [1.29, 1.82) is 0 Å². The third kappa shape index (κ3) is 5.71. The number of carbonyl (C=O) groups is 1. The molecule has 0 saturated heterocycles. The minimum atomic E-state index is -0.412. The van der Waals surface area contributed by atoms with E-state index < -0.39 is 5.60 Å². The Balaban J connectivity index is 2.30. The highest BCUT2D eigenvalue weighted by Crippen LogP contribution is 2.17. The number of nitrogens with zero attached hydrogens (tertiary/aromatic N) is 1. The fourth-order valence-electron chi connectivity index (χ4n) is 1.91. The molecule has 4 heteroatoms. The Hall–Kier alpha value is -0.770. The highest BCUT2D eigenvalue weighted by atomic mass is 16.6. The average molecular weight is 256 g/mol. The summed E-state index contributed by atoms with van der Waals surface area (Å²) >= 11 is 0. The summed E-state index contributed by atoms with van der Waals surface area (Å²) in [6.45, 7) is 10.2. The van der Waals surface area contributed by atoms with Crippen LogP contribution in [0.3, 0.4) is 0 Å². The van der Waals surface area contributed by atoms with E-state index in [0.717, 1.165) is 26.1 Å². The molecule has 1 rings (SSSR count). The maximum Gasteiger partial charge on any atom is 0.410 e. The van der Waals surface area contributed by atoms with Crippen molar-refractivity contribution in [1.82, 2.24) is 10.2 Å². The van der Waals surface area contributed by atoms with E-state index in [0.29, 0.717) is 6.04 Å². The van der Waals surface area contributed by atoms with E-state index in [4.69, 9.17) is 4.74 Å². The zero-order valence-corrected chi connectivity index (χ0v) is 12.3. The van der Waals surface area contributed by atoms with Crippen LogP contribution in [0.2, 0.25) is 0 Å². The zero-order chi connectivity index (χ0) is 13.6. The van der Waals surface area contributed by atoms with Gasteiger partial charge in [0.05, 0.1) is 0 Å². The van der Waals surface area contributed by atoms with E-state index in [9.17, 15) is 4.79 Å². The minimum absolute atomic E-state index is 0.195. The molecule has 1 saturated carbocycles. The molecule has 1 aliphatic rings. The molecule has 0 heterocycles. The zero-order valence-electron chi connectivity index (χ0n) is 12.3. The van der Waals surface area contributed by atoms with Crippen molar-refractivity contribution in [2.24, 2.45) is 0 Å². The first-order valence-electron chi connectivity index (χ1n) is 7.13. The van der Waals surface area contributed by atoms with Gasteiger partial charge in [0.25, 0.3) is 0 Å². The molecule has 1 aliphatic carbocycles. The Labute approximate surface area is 111 Å². The molecule has 0 aromatic rings. The molecule has 1 N–H and O–H groups in total. The van der Waals surface area contributed by atoms with Crippen LogP contribution in [-0.2, 0) is 4.74 Å². The third-order valence-electron chi connectivity index (χ3n) is 3.07. The second-order valence-corrected chi connectivity index (χ2v) is 6.05. The molecule has 0 bridgehead atoms. The van der Waals surface area contributed by atoms with Gasteiger partial charge >= 0.3 is 6.09 Å². The Morgan fingerprint density at radius 3 is 2.44 bits per heavy atom. The predicted molar refractivity (Wildman–Crippen MR) is 73.7 cm³/mol. The molecule has 1 amide bonds. The van der Waals surface area contributed by atoms with Gasteiger partial charge in [-0.15, -0.1) is 0 Å². The molecule has 0 spiro atoms. The van der Waals surface area contributed by atoms with Crippen molar-refractivity contribution in [3.05, 3.63) is 0 Å². The molecule has 0 aliphatic heterocycles. The summed E-state index contributed by atoms with van der Waals surface area (Å²) in [5, 5.41) is 3.48. The van der Waals surface area contributed by atoms with Crippen LogP contribution in [0, 0.1) is 0 Å². The number of nitrogens with one attached hydrogen (secondary N) is 1. The highest BCUT2D eigenvalue weighted by Gasteiger charge is 2.22. The number of ether oxygens (including phenoxy) is 1. The largest absolute Gasteiger partial charge is 0.444 e. The molecular formula is C14H28N2O2. The van der Waals surface area contributed by atoms with Gasteiger partial charge in [0.1, 0.15) is 5.60 Å². The lowest BCUT2D eigenvalue weighted by atomic mass is 9.93. The first kappa shape index (κ1) is 15.3. The molecule has 0 radical (unpaired) electrons. The fourth-order valence-corrected chi connectivity index (χ4v) is 1.91. The summed E-state index contributed by atoms with van der Waals surface area (Å²) in [7, 11) is 0. The van der Waals surface area contributed by atoms with Gasteiger partial charge in [-0.3, -0.25) is 0 Å². The lowest BCUT2D eigenvalue weighted by molar-refractivity contribution is 0.0249. The lowest BCUT2D eigenvalue weighted by Crippen LogP contribution is -2.44. The Bertz CT molecular complexity index is 257. The average Bonchev–Trinajstić information content (AvgIpc) is 2.17. The van der Waals surface area contributed by atoms with Gasteiger partial charge in [-0.05, 0) is 40.0 Å². The van der Waals surface area contributed by atoms with Gasteiger partial charge in [0.15, 0.2) is 0 Å². The van der Waals surface area contributed by atoms with Gasteiger partial charge in [0, 0.05) is 25.7 Å². The molecule has 0 aromatic carbocycles. The Morgan fingerprint density at radius 1 is 1.33 bits per heavy atom. The van der Waals surface area contributed by atoms with Gasteiger partial charge in [-0.25, -0.2) is 4.79 Å². The topological polar surface area (TPSA) is 41.6 Å². The van der Waals surface area contributed by atoms with Crippen molar-refractivity contribution in [2.75, 3.05) is 19.6 Å². The van der Waals surface area contributed by atoms with Crippen molar-refractivity contribution in [2.45, 2.75) is 65.0 Å². The number of hydrogen-bond acceptors (Lipinski definition) is 3. The van der Waals surface area contributed by atoms with Gasteiger partial charge in [0.2, 0.25) is 0 Å². The van der Waals surface area contributed by atoms with Gasteiger partial charge in [-0.2, -0.15) is 0 Å². The van der Waals surface area contributed by atoms with Crippen molar-refractivity contribution in [3.63, 3.8) is 0 Å². The van der Waals surface area contributed by atoms with Crippen LogP contribution in [0.25, 0.3) is 0 Å². The van der Waals surface area contributed by atoms with Gasteiger partial charge < -0.3 is 15.0 Å². The minimum Gasteiger partial charge on any atom is -0.444 e. The number of carbonyl (C=O) groups excluding carboxylic acids is 1. The van der Waals surface area contributed by atoms with E-state index in [-0.39, 0.29) is 6.09 Å². The van der Waals surface area contributed by atoms with Crippen LogP contribution in [-0.4, -0.2) is 42.3 Å². The quantitative estimate of drug-likeness (QED) is 0.794. The molecule has 1 fully saturated rings. The van der Waals surface area contributed by atoms with Crippen LogP contribution < -0.4 is 5.32 Å². The van der Waals surface area contributed by atoms with E-state index in [2.05, 4.69) is 12.2 Å². The first-order valence-corrected chi connectivity index (χ1v) is 7.13. The van der Waals surface area contributed by atoms with Crippen molar-refractivity contribution < 1.29 is 9.53 Å². The summed E-state index contributed by atoms with van der Waals surface area (Å²) in [6, 6.07) is 0.673. The number of hydrogen-bond donors (Lipinski definition) is 1. The van der Waals surface area contributed by atoms with Crippen molar-refractivity contribution in [3.8, 4) is 0 Å². The first-order chi connectivity index (χ1) is 8.42. The number of rotatable bonds is 6. The lowest BCUT2D eigenvalue weighted by Gasteiger charge is -2.30. The smallest absolute Gasteiger partial charge is 0.410 e.